The Morgan fingerprint density at radius 3 is 2.64 bits per heavy atom. The SMILES string of the molecule is Cc1oc(-c2ccccc2)nc1Cn1cc(-c2cnn3c2CN(C(=O)c2cccc4c(=O)c5cccc(F)c5[nH]c24)CC3)nn1. The summed E-state index contributed by atoms with van der Waals surface area (Å²) in [6, 6.07) is 19.0. The number of aromatic nitrogens is 7. The lowest BCUT2D eigenvalue weighted by molar-refractivity contribution is 0.0708. The number of nitrogens with one attached hydrogen (secondary N) is 1. The quantitative estimate of drug-likeness (QED) is 0.277. The van der Waals surface area contributed by atoms with E-state index in [9.17, 15) is 14.0 Å². The first-order chi connectivity index (χ1) is 21.9. The van der Waals surface area contributed by atoms with Gasteiger partial charge in [0.2, 0.25) is 5.89 Å². The molecule has 222 valence electrons. The van der Waals surface area contributed by atoms with Crippen LogP contribution in [-0.4, -0.2) is 52.1 Å². The van der Waals surface area contributed by atoms with Gasteiger partial charge in [0.15, 0.2) is 5.43 Å². The van der Waals surface area contributed by atoms with Crippen molar-refractivity contribution >= 4 is 27.7 Å². The Hall–Kier alpha value is -5.91. The molecule has 5 heterocycles. The topological polar surface area (TPSA) is 128 Å². The number of benzene rings is 3. The van der Waals surface area contributed by atoms with Gasteiger partial charge in [-0.15, -0.1) is 5.10 Å². The van der Waals surface area contributed by atoms with Crippen LogP contribution in [0.4, 0.5) is 4.39 Å². The summed E-state index contributed by atoms with van der Waals surface area (Å²) in [6.45, 7) is 3.41. The minimum Gasteiger partial charge on any atom is -0.441 e. The zero-order valence-electron chi connectivity index (χ0n) is 24.1. The van der Waals surface area contributed by atoms with E-state index >= 15 is 0 Å². The number of hydrogen-bond donors (Lipinski definition) is 1. The molecule has 0 fully saturated rings. The van der Waals surface area contributed by atoms with Crippen molar-refractivity contribution in [3.63, 3.8) is 0 Å². The average molecular weight is 601 g/mol. The Labute approximate surface area is 254 Å². The van der Waals surface area contributed by atoms with Crippen molar-refractivity contribution in [3.8, 4) is 22.7 Å². The monoisotopic (exact) mass is 600 g/mol. The Kier molecular flexibility index (Phi) is 6.15. The molecular formula is C33H25FN8O3. The van der Waals surface area contributed by atoms with Crippen molar-refractivity contribution in [2.45, 2.75) is 26.6 Å². The van der Waals surface area contributed by atoms with Crippen molar-refractivity contribution < 1.29 is 13.6 Å². The molecule has 0 aliphatic carbocycles. The van der Waals surface area contributed by atoms with Crippen LogP contribution in [-0.2, 0) is 19.6 Å². The van der Waals surface area contributed by atoms with Gasteiger partial charge in [-0.1, -0.05) is 35.5 Å². The molecule has 0 spiro atoms. The van der Waals surface area contributed by atoms with Crippen molar-refractivity contribution in [3.05, 3.63) is 118 Å². The number of H-pyrrole nitrogens is 1. The highest BCUT2D eigenvalue weighted by Gasteiger charge is 2.28. The zero-order valence-corrected chi connectivity index (χ0v) is 24.1. The van der Waals surface area contributed by atoms with Gasteiger partial charge in [0, 0.05) is 28.4 Å². The highest BCUT2D eigenvalue weighted by atomic mass is 19.1. The average Bonchev–Trinajstić information content (AvgIpc) is 3.80. The maximum atomic E-state index is 14.6. The minimum atomic E-state index is -0.552. The second-order valence-corrected chi connectivity index (χ2v) is 11.0. The number of nitrogens with zero attached hydrogens (tertiary/aromatic N) is 7. The van der Waals surface area contributed by atoms with Crippen LogP contribution in [0.5, 0.6) is 0 Å². The summed E-state index contributed by atoms with van der Waals surface area (Å²) >= 11 is 0. The summed E-state index contributed by atoms with van der Waals surface area (Å²) in [5.41, 5.74) is 4.20. The van der Waals surface area contributed by atoms with Crippen molar-refractivity contribution in [2.24, 2.45) is 0 Å². The lowest BCUT2D eigenvalue weighted by atomic mass is 10.0. The number of para-hydroxylation sites is 2. The van der Waals surface area contributed by atoms with Gasteiger partial charge in [0.25, 0.3) is 5.91 Å². The number of carbonyl (C=O) groups is 1. The third kappa shape index (κ3) is 4.49. The first kappa shape index (κ1) is 26.7. The van der Waals surface area contributed by atoms with Crippen molar-refractivity contribution in [1.82, 2.24) is 39.6 Å². The van der Waals surface area contributed by atoms with E-state index < -0.39 is 5.82 Å². The van der Waals surface area contributed by atoms with Crippen LogP contribution in [0.25, 0.3) is 44.5 Å². The van der Waals surface area contributed by atoms with Gasteiger partial charge in [-0.2, -0.15) is 5.10 Å². The molecule has 7 aromatic rings. The van der Waals surface area contributed by atoms with Crippen LogP contribution in [0.1, 0.15) is 27.5 Å². The van der Waals surface area contributed by atoms with E-state index in [1.54, 1.807) is 40.0 Å². The summed E-state index contributed by atoms with van der Waals surface area (Å²) in [4.78, 5) is 36.5. The fourth-order valence-corrected chi connectivity index (χ4v) is 5.90. The van der Waals surface area contributed by atoms with Crippen LogP contribution in [0.2, 0.25) is 0 Å². The van der Waals surface area contributed by atoms with Crippen LogP contribution in [0.3, 0.4) is 0 Å². The molecule has 0 saturated carbocycles. The molecule has 3 aromatic carbocycles. The van der Waals surface area contributed by atoms with Crippen LogP contribution >= 0.6 is 0 Å². The Morgan fingerprint density at radius 2 is 1.80 bits per heavy atom. The predicted octanol–water partition coefficient (Wildman–Crippen LogP) is 4.94. The lowest BCUT2D eigenvalue weighted by Gasteiger charge is -2.28. The molecular weight excluding hydrogens is 575 g/mol. The van der Waals surface area contributed by atoms with Crippen LogP contribution < -0.4 is 5.43 Å². The second kappa shape index (κ2) is 10.4. The molecule has 45 heavy (non-hydrogen) atoms. The van der Waals surface area contributed by atoms with Crippen LogP contribution in [0, 0.1) is 12.7 Å². The predicted molar refractivity (Wildman–Crippen MR) is 164 cm³/mol. The maximum absolute atomic E-state index is 14.6. The molecule has 4 aromatic heterocycles. The molecule has 11 nitrogen and oxygen atoms in total. The van der Waals surface area contributed by atoms with E-state index in [4.69, 9.17) is 4.42 Å². The van der Waals surface area contributed by atoms with Gasteiger partial charge < -0.3 is 14.3 Å². The molecule has 0 atom stereocenters. The fourth-order valence-electron chi connectivity index (χ4n) is 5.90. The molecule has 0 unspecified atom stereocenters. The van der Waals surface area contributed by atoms with Gasteiger partial charge in [-0.25, -0.2) is 14.1 Å². The number of aromatic amines is 1. The lowest BCUT2D eigenvalue weighted by Crippen LogP contribution is -2.38. The van der Waals surface area contributed by atoms with Gasteiger partial charge in [-0.3, -0.25) is 14.3 Å². The second-order valence-electron chi connectivity index (χ2n) is 11.0. The molecule has 12 heteroatoms. The van der Waals surface area contributed by atoms with Crippen LogP contribution in [0.15, 0.2) is 88.3 Å². The summed E-state index contributed by atoms with van der Waals surface area (Å²) < 4.78 is 24.1. The number of fused-ring (bicyclic) bond motifs is 3. The summed E-state index contributed by atoms with van der Waals surface area (Å²) in [5.74, 6) is 0.425. The maximum Gasteiger partial charge on any atom is 0.256 e. The number of carbonyl (C=O) groups excluding carboxylic acids is 1. The highest BCUT2D eigenvalue weighted by molar-refractivity contribution is 6.07. The Balaban J connectivity index is 1.07. The highest BCUT2D eigenvalue weighted by Crippen LogP contribution is 2.28. The number of hydrogen-bond acceptors (Lipinski definition) is 7. The fraction of sp³-hybridized carbons (Fsp3) is 0.152. The number of oxazole rings is 1. The number of halogens is 1. The molecule has 1 N–H and O–H groups in total. The van der Waals surface area contributed by atoms with Crippen molar-refractivity contribution in [2.75, 3.05) is 6.54 Å². The first-order valence-corrected chi connectivity index (χ1v) is 14.4. The smallest absolute Gasteiger partial charge is 0.256 e. The molecule has 1 aliphatic heterocycles. The molecule has 0 radical (unpaired) electrons. The van der Waals surface area contributed by atoms with E-state index in [2.05, 4.69) is 25.4 Å². The van der Waals surface area contributed by atoms with Crippen molar-refractivity contribution in [1.29, 1.82) is 0 Å². The first-order valence-electron chi connectivity index (χ1n) is 14.4. The van der Waals surface area contributed by atoms with E-state index in [0.29, 0.717) is 53.4 Å². The van der Waals surface area contributed by atoms with E-state index in [1.807, 2.05) is 48.1 Å². The van der Waals surface area contributed by atoms with E-state index in [-0.39, 0.29) is 28.8 Å². The molecule has 0 bridgehead atoms. The standard InChI is InChI=1S/C33H25FN8O3/c1-19-26(36-32(45-19)20-7-3-2-4-8-20)16-41-17-27(38-39-41)24-15-35-42-14-13-40(18-28(24)42)33(44)23-11-5-9-21-29(23)37-30-22(31(21)43)10-6-12-25(30)34/h2-12,15,17H,13-14,16,18H2,1H3,(H,37,43). The van der Waals surface area contributed by atoms with Gasteiger partial charge in [0.1, 0.15) is 23.0 Å². The number of aryl methyl sites for hydroxylation is 1. The van der Waals surface area contributed by atoms with Gasteiger partial charge in [0.05, 0.1) is 54.3 Å². The van der Waals surface area contributed by atoms with E-state index in [0.717, 1.165) is 22.5 Å². The molecule has 8 rings (SSSR count). The third-order valence-corrected chi connectivity index (χ3v) is 8.25. The van der Waals surface area contributed by atoms with Gasteiger partial charge in [-0.05, 0) is 43.3 Å². The van der Waals surface area contributed by atoms with Gasteiger partial charge >= 0.3 is 0 Å². The molecule has 1 aliphatic rings. The largest absolute Gasteiger partial charge is 0.441 e. The number of amides is 1. The van der Waals surface area contributed by atoms with E-state index in [1.165, 1.54) is 12.1 Å². The Morgan fingerprint density at radius 1 is 1.00 bits per heavy atom. The molecule has 0 saturated heterocycles. The zero-order chi connectivity index (χ0) is 30.7. The number of pyridine rings is 1. The normalized spacial score (nSPS) is 13.1. The minimum absolute atomic E-state index is 0.0782. The Bertz CT molecular complexity index is 2320. The summed E-state index contributed by atoms with van der Waals surface area (Å²) in [7, 11) is 0. The summed E-state index contributed by atoms with van der Waals surface area (Å²) in [6.07, 6.45) is 3.56. The third-order valence-electron chi connectivity index (χ3n) is 8.25. The molecule has 1 amide bonds. The summed E-state index contributed by atoms with van der Waals surface area (Å²) in [5, 5.41) is 13.8. The number of rotatable bonds is 5.